The van der Waals surface area contributed by atoms with Crippen molar-refractivity contribution in [2.24, 2.45) is 0 Å². The zero-order valence-corrected chi connectivity index (χ0v) is 17.8. The first kappa shape index (κ1) is 21.5. The van der Waals surface area contributed by atoms with E-state index in [-0.39, 0.29) is 12.0 Å². The largest absolute Gasteiger partial charge is 0.490 e. The number of ether oxygens (including phenoxy) is 2. The molecule has 2 aromatic carbocycles. The molecular weight excluding hydrogens is 388 g/mol. The second kappa shape index (κ2) is 10.5. The van der Waals surface area contributed by atoms with Crippen LogP contribution in [0.2, 0.25) is 5.02 Å². The molecule has 1 N–H and O–H groups in total. The molecule has 0 saturated carbocycles. The lowest BCUT2D eigenvalue weighted by Crippen LogP contribution is -2.37. The summed E-state index contributed by atoms with van der Waals surface area (Å²) >= 11 is 5.98. The van der Waals surface area contributed by atoms with Crippen molar-refractivity contribution in [2.45, 2.75) is 44.9 Å². The van der Waals surface area contributed by atoms with Gasteiger partial charge in [-0.05, 0) is 62.2 Å². The minimum absolute atomic E-state index is 0.140. The number of hydrogen-bond donors (Lipinski definition) is 1. The molecule has 1 fully saturated rings. The molecule has 2 aromatic rings. The molecule has 1 saturated heterocycles. The third-order valence-electron chi connectivity index (χ3n) is 5.10. The second-order valence-electron chi connectivity index (χ2n) is 7.45. The van der Waals surface area contributed by atoms with Gasteiger partial charge in [-0.15, -0.1) is 0 Å². The number of nitrogens with zero attached hydrogens (tertiary/aromatic N) is 1. The van der Waals surface area contributed by atoms with Gasteiger partial charge in [0.1, 0.15) is 17.6 Å². The number of likely N-dealkylation sites (tertiary alicyclic amines) is 1. The molecule has 1 aliphatic rings. The van der Waals surface area contributed by atoms with Crippen molar-refractivity contribution in [3.8, 4) is 11.5 Å². The van der Waals surface area contributed by atoms with Gasteiger partial charge in [0.25, 0.3) is 5.91 Å². The van der Waals surface area contributed by atoms with Gasteiger partial charge in [0.2, 0.25) is 0 Å². The lowest BCUT2D eigenvalue weighted by atomic mass is 10.1. The Bertz CT molecular complexity index is 789. The van der Waals surface area contributed by atoms with E-state index in [1.54, 1.807) is 24.3 Å². The van der Waals surface area contributed by atoms with Crippen LogP contribution in [0.1, 0.15) is 31.7 Å². The number of piperidine rings is 1. The summed E-state index contributed by atoms with van der Waals surface area (Å²) in [5.41, 5.74) is 1.02. The Labute approximate surface area is 177 Å². The van der Waals surface area contributed by atoms with Gasteiger partial charge in [0, 0.05) is 24.7 Å². The average molecular weight is 417 g/mol. The van der Waals surface area contributed by atoms with Crippen LogP contribution in [-0.2, 0) is 11.3 Å². The predicted molar refractivity (Wildman–Crippen MR) is 116 cm³/mol. The highest BCUT2D eigenvalue weighted by Gasteiger charge is 2.19. The van der Waals surface area contributed by atoms with E-state index in [1.165, 1.54) is 0 Å². The fourth-order valence-electron chi connectivity index (χ4n) is 3.31. The maximum atomic E-state index is 12.5. The maximum Gasteiger partial charge on any atom is 0.261 e. The predicted octanol–water partition coefficient (Wildman–Crippen LogP) is 4.29. The molecule has 6 heteroatoms. The zero-order valence-electron chi connectivity index (χ0n) is 17.1. The summed E-state index contributed by atoms with van der Waals surface area (Å²) in [6, 6.07) is 15.0. The third-order valence-corrected chi connectivity index (χ3v) is 5.33. The molecule has 3 rings (SSSR count). The van der Waals surface area contributed by atoms with Gasteiger partial charge >= 0.3 is 0 Å². The first-order chi connectivity index (χ1) is 14.0. The summed E-state index contributed by atoms with van der Waals surface area (Å²) in [5.74, 6) is 1.33. The standard InChI is InChI=1S/C23H29ClN2O3/c1-3-22(29-21-6-4-5-18(24)15-21)23(27)25-16-17-7-9-19(10-8-17)28-20-11-13-26(2)14-12-20/h4-10,15,20,22H,3,11-14,16H2,1-2H3,(H,25,27)/t22-/m1/s1. The molecule has 0 aromatic heterocycles. The summed E-state index contributed by atoms with van der Waals surface area (Å²) in [7, 11) is 2.14. The van der Waals surface area contributed by atoms with E-state index in [2.05, 4.69) is 17.3 Å². The van der Waals surface area contributed by atoms with Crippen LogP contribution in [0.5, 0.6) is 11.5 Å². The van der Waals surface area contributed by atoms with E-state index in [9.17, 15) is 4.79 Å². The summed E-state index contributed by atoms with van der Waals surface area (Å²) in [6.07, 6.45) is 2.41. The quantitative estimate of drug-likeness (QED) is 0.697. The van der Waals surface area contributed by atoms with Crippen LogP contribution in [0.15, 0.2) is 48.5 Å². The minimum Gasteiger partial charge on any atom is -0.490 e. The van der Waals surface area contributed by atoms with E-state index < -0.39 is 6.10 Å². The highest BCUT2D eigenvalue weighted by Crippen LogP contribution is 2.20. The topological polar surface area (TPSA) is 50.8 Å². The Morgan fingerprint density at radius 3 is 2.55 bits per heavy atom. The molecule has 0 bridgehead atoms. The molecule has 1 heterocycles. The summed E-state index contributed by atoms with van der Waals surface area (Å²) in [5, 5.41) is 3.53. The monoisotopic (exact) mass is 416 g/mol. The Kier molecular flexibility index (Phi) is 7.78. The van der Waals surface area contributed by atoms with E-state index in [0.29, 0.717) is 23.7 Å². The van der Waals surface area contributed by atoms with Crippen molar-refractivity contribution in [3.05, 3.63) is 59.1 Å². The normalized spacial score (nSPS) is 16.2. The van der Waals surface area contributed by atoms with Gasteiger partial charge in [-0.3, -0.25) is 4.79 Å². The lowest BCUT2D eigenvalue weighted by Gasteiger charge is -2.29. The number of benzene rings is 2. The van der Waals surface area contributed by atoms with Crippen molar-refractivity contribution in [1.82, 2.24) is 10.2 Å². The van der Waals surface area contributed by atoms with Gasteiger partial charge in [-0.2, -0.15) is 0 Å². The molecule has 156 valence electrons. The summed E-state index contributed by atoms with van der Waals surface area (Å²) in [4.78, 5) is 14.8. The van der Waals surface area contributed by atoms with E-state index in [4.69, 9.17) is 21.1 Å². The number of nitrogens with one attached hydrogen (secondary N) is 1. The molecule has 1 aliphatic heterocycles. The molecule has 0 aliphatic carbocycles. The van der Waals surface area contributed by atoms with Crippen LogP contribution in [-0.4, -0.2) is 43.2 Å². The molecule has 1 amide bonds. The van der Waals surface area contributed by atoms with Crippen molar-refractivity contribution in [2.75, 3.05) is 20.1 Å². The highest BCUT2D eigenvalue weighted by atomic mass is 35.5. The summed E-state index contributed by atoms with van der Waals surface area (Å²) < 4.78 is 11.9. The molecule has 1 atom stereocenters. The average Bonchev–Trinajstić information content (AvgIpc) is 2.73. The highest BCUT2D eigenvalue weighted by molar-refractivity contribution is 6.30. The van der Waals surface area contributed by atoms with Crippen LogP contribution in [0.4, 0.5) is 0 Å². The number of hydrogen-bond acceptors (Lipinski definition) is 4. The maximum absolute atomic E-state index is 12.5. The Hall–Kier alpha value is -2.24. The first-order valence-electron chi connectivity index (χ1n) is 10.2. The molecular formula is C23H29ClN2O3. The first-order valence-corrected chi connectivity index (χ1v) is 10.6. The van der Waals surface area contributed by atoms with Crippen molar-refractivity contribution in [1.29, 1.82) is 0 Å². The van der Waals surface area contributed by atoms with Crippen LogP contribution < -0.4 is 14.8 Å². The van der Waals surface area contributed by atoms with Gasteiger partial charge in [-0.25, -0.2) is 0 Å². The van der Waals surface area contributed by atoms with E-state index >= 15 is 0 Å². The lowest BCUT2D eigenvalue weighted by molar-refractivity contribution is -0.128. The van der Waals surface area contributed by atoms with Crippen LogP contribution in [0, 0.1) is 0 Å². The Morgan fingerprint density at radius 2 is 1.90 bits per heavy atom. The zero-order chi connectivity index (χ0) is 20.6. The van der Waals surface area contributed by atoms with E-state index in [1.807, 2.05) is 31.2 Å². The number of carbonyl (C=O) groups excluding carboxylic acids is 1. The SMILES string of the molecule is CC[C@@H](Oc1cccc(Cl)c1)C(=O)NCc1ccc(OC2CCN(C)CC2)cc1. The van der Waals surface area contributed by atoms with Crippen LogP contribution in [0.25, 0.3) is 0 Å². The van der Waals surface area contributed by atoms with Gasteiger partial charge < -0.3 is 19.7 Å². The van der Waals surface area contributed by atoms with Crippen LogP contribution in [0.3, 0.4) is 0 Å². The minimum atomic E-state index is -0.555. The molecule has 29 heavy (non-hydrogen) atoms. The van der Waals surface area contributed by atoms with Crippen LogP contribution >= 0.6 is 11.6 Å². The number of carbonyl (C=O) groups is 1. The van der Waals surface area contributed by atoms with Gasteiger partial charge in [-0.1, -0.05) is 36.7 Å². The smallest absolute Gasteiger partial charge is 0.261 e. The number of halogens is 1. The Morgan fingerprint density at radius 1 is 1.17 bits per heavy atom. The molecule has 5 nitrogen and oxygen atoms in total. The molecule has 0 spiro atoms. The second-order valence-corrected chi connectivity index (χ2v) is 7.89. The third kappa shape index (κ3) is 6.65. The Balaban J connectivity index is 1.47. The molecule has 0 unspecified atom stereocenters. The number of rotatable bonds is 8. The van der Waals surface area contributed by atoms with Crippen molar-refractivity contribution in [3.63, 3.8) is 0 Å². The summed E-state index contributed by atoms with van der Waals surface area (Å²) in [6.45, 7) is 4.52. The molecule has 0 radical (unpaired) electrons. The fraction of sp³-hybridized carbons (Fsp3) is 0.435. The fourth-order valence-corrected chi connectivity index (χ4v) is 3.49. The number of amides is 1. The van der Waals surface area contributed by atoms with Gasteiger partial charge in [0.15, 0.2) is 6.10 Å². The van der Waals surface area contributed by atoms with Gasteiger partial charge in [0.05, 0.1) is 0 Å². The van der Waals surface area contributed by atoms with Crippen molar-refractivity contribution >= 4 is 17.5 Å². The van der Waals surface area contributed by atoms with E-state index in [0.717, 1.165) is 37.2 Å². The van der Waals surface area contributed by atoms with Crippen molar-refractivity contribution < 1.29 is 14.3 Å².